The molecule has 6 nitrogen and oxygen atoms in total. The molecule has 3 aromatic rings. The molecule has 0 aliphatic rings. The fraction of sp³-hybridized carbons (Fsp3) is 0.150. The van der Waals surface area contributed by atoms with Crippen LogP contribution in [0.3, 0.4) is 0 Å². The smallest absolute Gasteiger partial charge is 0.257 e. The summed E-state index contributed by atoms with van der Waals surface area (Å²) in [6, 6.07) is 19.8. The Morgan fingerprint density at radius 3 is 2.41 bits per heavy atom. The molecular weight excluding hydrogens is 364 g/mol. The molecule has 0 fully saturated rings. The number of primary sulfonamides is 1. The molecule has 27 heavy (non-hydrogen) atoms. The summed E-state index contributed by atoms with van der Waals surface area (Å²) < 4.78 is 28.1. The van der Waals surface area contributed by atoms with Crippen molar-refractivity contribution in [1.29, 1.82) is 0 Å². The van der Waals surface area contributed by atoms with Crippen LogP contribution in [0, 0.1) is 0 Å². The van der Waals surface area contributed by atoms with Gasteiger partial charge in [-0.3, -0.25) is 4.79 Å². The van der Waals surface area contributed by atoms with E-state index in [1.54, 1.807) is 12.1 Å². The first-order valence-electron chi connectivity index (χ1n) is 8.42. The summed E-state index contributed by atoms with van der Waals surface area (Å²) in [6.07, 6.45) is 0.574. The Labute approximate surface area is 158 Å². The number of rotatable bonds is 7. The van der Waals surface area contributed by atoms with Crippen molar-refractivity contribution in [1.82, 2.24) is 5.32 Å². The average Bonchev–Trinajstić information content (AvgIpc) is 2.66. The maximum atomic E-state index is 12.0. The summed E-state index contributed by atoms with van der Waals surface area (Å²) in [6.45, 7) is 0.352. The van der Waals surface area contributed by atoms with E-state index in [9.17, 15) is 13.2 Å². The van der Waals surface area contributed by atoms with Crippen molar-refractivity contribution >= 4 is 26.7 Å². The third kappa shape index (κ3) is 5.06. The lowest BCUT2D eigenvalue weighted by molar-refractivity contribution is -0.123. The van der Waals surface area contributed by atoms with Gasteiger partial charge < -0.3 is 10.1 Å². The molecule has 0 unspecified atom stereocenters. The first-order valence-corrected chi connectivity index (χ1v) is 9.97. The van der Waals surface area contributed by atoms with E-state index in [-0.39, 0.29) is 17.4 Å². The number of sulfonamides is 1. The Bertz CT molecular complexity index is 1040. The SMILES string of the molecule is NS(=O)(=O)c1ccc(CCNC(=O)COc2cccc3ccccc23)cc1. The minimum absolute atomic E-state index is 0.0683. The van der Waals surface area contributed by atoms with Crippen molar-refractivity contribution in [3.63, 3.8) is 0 Å². The van der Waals surface area contributed by atoms with Crippen LogP contribution < -0.4 is 15.2 Å². The number of hydrogen-bond donors (Lipinski definition) is 2. The number of fused-ring (bicyclic) bond motifs is 1. The number of nitrogens with one attached hydrogen (secondary N) is 1. The molecule has 3 rings (SSSR count). The fourth-order valence-corrected chi connectivity index (χ4v) is 3.22. The number of benzene rings is 3. The van der Waals surface area contributed by atoms with E-state index in [0.717, 1.165) is 16.3 Å². The number of carbonyl (C=O) groups excluding carboxylic acids is 1. The molecule has 0 saturated heterocycles. The Hall–Kier alpha value is -2.90. The van der Waals surface area contributed by atoms with Crippen LogP contribution in [0.4, 0.5) is 0 Å². The van der Waals surface area contributed by atoms with Gasteiger partial charge in [-0.05, 0) is 35.6 Å². The molecule has 0 saturated carbocycles. The van der Waals surface area contributed by atoms with Gasteiger partial charge in [0.1, 0.15) is 5.75 Å². The molecule has 0 heterocycles. The summed E-state index contributed by atoms with van der Waals surface area (Å²) in [7, 11) is -3.69. The maximum absolute atomic E-state index is 12.0. The second kappa shape index (κ2) is 8.20. The van der Waals surface area contributed by atoms with E-state index in [1.807, 2.05) is 42.5 Å². The van der Waals surface area contributed by atoms with Crippen molar-refractivity contribution in [2.45, 2.75) is 11.3 Å². The third-order valence-corrected chi connectivity index (χ3v) is 5.03. The highest BCUT2D eigenvalue weighted by molar-refractivity contribution is 7.89. The highest BCUT2D eigenvalue weighted by atomic mass is 32.2. The average molecular weight is 384 g/mol. The number of nitrogens with two attached hydrogens (primary N) is 1. The van der Waals surface area contributed by atoms with Gasteiger partial charge in [-0.15, -0.1) is 0 Å². The van der Waals surface area contributed by atoms with Crippen LogP contribution in [0.1, 0.15) is 5.56 Å². The zero-order chi connectivity index (χ0) is 19.3. The van der Waals surface area contributed by atoms with Crippen molar-refractivity contribution < 1.29 is 17.9 Å². The van der Waals surface area contributed by atoms with Crippen LogP contribution in [0.2, 0.25) is 0 Å². The molecule has 0 bridgehead atoms. The van der Waals surface area contributed by atoms with E-state index >= 15 is 0 Å². The van der Waals surface area contributed by atoms with Gasteiger partial charge in [-0.25, -0.2) is 13.6 Å². The molecule has 7 heteroatoms. The lowest BCUT2D eigenvalue weighted by Crippen LogP contribution is -2.30. The maximum Gasteiger partial charge on any atom is 0.257 e. The summed E-state index contributed by atoms with van der Waals surface area (Å²) in [5.74, 6) is 0.450. The van der Waals surface area contributed by atoms with Gasteiger partial charge in [0.2, 0.25) is 10.0 Å². The predicted octanol–water partition coefficient (Wildman–Crippen LogP) is 2.22. The fourth-order valence-electron chi connectivity index (χ4n) is 2.71. The molecule has 0 atom stereocenters. The summed E-state index contributed by atoms with van der Waals surface area (Å²) >= 11 is 0. The molecule has 0 spiro atoms. The summed E-state index contributed by atoms with van der Waals surface area (Å²) in [5, 5.41) is 9.87. The van der Waals surface area contributed by atoms with Gasteiger partial charge in [0.05, 0.1) is 4.90 Å². The van der Waals surface area contributed by atoms with E-state index in [2.05, 4.69) is 5.32 Å². The monoisotopic (exact) mass is 384 g/mol. The van der Waals surface area contributed by atoms with Gasteiger partial charge in [-0.2, -0.15) is 0 Å². The topological polar surface area (TPSA) is 98.5 Å². The van der Waals surface area contributed by atoms with Gasteiger partial charge >= 0.3 is 0 Å². The molecule has 3 aromatic carbocycles. The molecule has 0 radical (unpaired) electrons. The number of amides is 1. The van der Waals surface area contributed by atoms with E-state index in [0.29, 0.717) is 18.7 Å². The van der Waals surface area contributed by atoms with Crippen LogP contribution in [0.15, 0.2) is 71.6 Å². The number of carbonyl (C=O) groups is 1. The van der Waals surface area contributed by atoms with Crippen molar-refractivity contribution in [3.05, 3.63) is 72.3 Å². The predicted molar refractivity (Wildman–Crippen MR) is 104 cm³/mol. The molecule has 0 aliphatic carbocycles. The standard InChI is InChI=1S/C20H20N2O4S/c21-27(24,25)17-10-8-15(9-11-17)12-13-22-20(23)14-26-19-7-3-5-16-4-1-2-6-18(16)19/h1-11H,12-14H2,(H,22,23)(H2,21,24,25). The molecule has 0 aliphatic heterocycles. The van der Waals surface area contributed by atoms with Crippen LogP contribution >= 0.6 is 0 Å². The van der Waals surface area contributed by atoms with Gasteiger partial charge in [0.25, 0.3) is 5.91 Å². The number of ether oxygens (including phenoxy) is 1. The van der Waals surface area contributed by atoms with Crippen LogP contribution in [-0.2, 0) is 21.2 Å². The van der Waals surface area contributed by atoms with Crippen molar-refractivity contribution in [3.8, 4) is 5.75 Å². The van der Waals surface area contributed by atoms with E-state index in [1.165, 1.54) is 12.1 Å². The van der Waals surface area contributed by atoms with E-state index < -0.39 is 10.0 Å². The van der Waals surface area contributed by atoms with Crippen molar-refractivity contribution in [2.24, 2.45) is 5.14 Å². The van der Waals surface area contributed by atoms with Gasteiger partial charge in [0.15, 0.2) is 6.61 Å². The summed E-state index contributed by atoms with van der Waals surface area (Å²) in [4.78, 5) is 12.1. The van der Waals surface area contributed by atoms with Crippen molar-refractivity contribution in [2.75, 3.05) is 13.2 Å². The Morgan fingerprint density at radius 1 is 0.963 bits per heavy atom. The Morgan fingerprint density at radius 2 is 1.67 bits per heavy atom. The normalized spacial score (nSPS) is 11.3. The lowest BCUT2D eigenvalue weighted by Gasteiger charge is -2.10. The van der Waals surface area contributed by atoms with Crippen LogP contribution in [0.25, 0.3) is 10.8 Å². The first-order chi connectivity index (χ1) is 12.9. The van der Waals surface area contributed by atoms with Gasteiger partial charge in [-0.1, -0.05) is 48.5 Å². The van der Waals surface area contributed by atoms with Crippen LogP contribution in [-0.4, -0.2) is 27.5 Å². The first kappa shape index (κ1) is 18.9. The largest absolute Gasteiger partial charge is 0.483 e. The van der Waals surface area contributed by atoms with E-state index in [4.69, 9.17) is 9.88 Å². The third-order valence-electron chi connectivity index (χ3n) is 4.10. The Kier molecular flexibility index (Phi) is 5.73. The second-order valence-corrected chi connectivity index (χ2v) is 7.62. The molecule has 3 N–H and O–H groups in total. The minimum Gasteiger partial charge on any atom is -0.483 e. The quantitative estimate of drug-likeness (QED) is 0.652. The zero-order valence-electron chi connectivity index (χ0n) is 14.6. The lowest BCUT2D eigenvalue weighted by atomic mass is 10.1. The molecule has 1 amide bonds. The Balaban J connectivity index is 1.48. The zero-order valence-corrected chi connectivity index (χ0v) is 15.4. The number of hydrogen-bond acceptors (Lipinski definition) is 4. The molecule has 0 aromatic heterocycles. The molecular formula is C20H20N2O4S. The molecule has 140 valence electrons. The van der Waals surface area contributed by atoms with Crippen LogP contribution in [0.5, 0.6) is 5.75 Å². The summed E-state index contributed by atoms with van der Waals surface area (Å²) in [5.41, 5.74) is 0.901. The minimum atomic E-state index is -3.69. The van der Waals surface area contributed by atoms with Gasteiger partial charge in [0, 0.05) is 11.9 Å². The second-order valence-electron chi connectivity index (χ2n) is 6.05. The highest BCUT2D eigenvalue weighted by Gasteiger charge is 2.08. The highest BCUT2D eigenvalue weighted by Crippen LogP contribution is 2.24.